The summed E-state index contributed by atoms with van der Waals surface area (Å²) in [5.74, 6) is -2.47. The van der Waals surface area contributed by atoms with Crippen molar-refractivity contribution in [1.82, 2.24) is 5.32 Å². The second-order valence-corrected chi connectivity index (χ2v) is 4.64. The number of anilines is 1. The van der Waals surface area contributed by atoms with Crippen LogP contribution in [0.15, 0.2) is 18.2 Å². The molecule has 0 spiro atoms. The summed E-state index contributed by atoms with van der Waals surface area (Å²) in [5, 5.41) is 2.51. The molecular weight excluding hydrogens is 308 g/mol. The number of ether oxygens (including phenoxy) is 1. The topological polar surface area (TPSA) is 58.6 Å². The van der Waals surface area contributed by atoms with E-state index in [4.69, 9.17) is 0 Å². The third kappa shape index (κ3) is 3.29. The van der Waals surface area contributed by atoms with Crippen molar-refractivity contribution in [3.8, 4) is 0 Å². The second-order valence-electron chi connectivity index (χ2n) is 4.64. The zero-order valence-corrected chi connectivity index (χ0v) is 11.4. The average molecular weight is 320 g/mol. The first-order valence-electron chi connectivity index (χ1n) is 6.33. The summed E-state index contributed by atoms with van der Waals surface area (Å²) in [5.41, 5.74) is -0.462. The van der Waals surface area contributed by atoms with Crippen LogP contribution in [0.25, 0.3) is 0 Å². The molecule has 9 heteroatoms. The van der Waals surface area contributed by atoms with E-state index in [1.54, 1.807) is 0 Å². The van der Waals surface area contributed by atoms with E-state index in [0.717, 1.165) is 12.1 Å². The van der Waals surface area contributed by atoms with Gasteiger partial charge in [0.15, 0.2) is 6.10 Å². The minimum atomic E-state index is -4.74. The number of rotatable bonds is 3. The molecule has 0 radical (unpaired) electrons. The quantitative estimate of drug-likeness (QED) is 0.687. The van der Waals surface area contributed by atoms with Crippen molar-refractivity contribution in [2.45, 2.75) is 19.2 Å². The van der Waals surface area contributed by atoms with Crippen LogP contribution in [-0.2, 0) is 4.74 Å². The molecule has 120 valence electrons. The Morgan fingerprint density at radius 1 is 1.41 bits per heavy atom. The predicted molar refractivity (Wildman–Crippen MR) is 68.1 cm³/mol. The van der Waals surface area contributed by atoms with Crippen molar-refractivity contribution < 1.29 is 31.9 Å². The monoisotopic (exact) mass is 320 g/mol. The summed E-state index contributed by atoms with van der Waals surface area (Å²) in [6.45, 7) is 1.33. The number of carbonyl (C=O) groups is 2. The summed E-state index contributed by atoms with van der Waals surface area (Å²) < 4.78 is 55.0. The van der Waals surface area contributed by atoms with E-state index in [9.17, 15) is 27.2 Å². The van der Waals surface area contributed by atoms with Gasteiger partial charge in [0.25, 0.3) is 0 Å². The molecule has 1 aliphatic heterocycles. The summed E-state index contributed by atoms with van der Waals surface area (Å²) >= 11 is 0. The molecule has 0 aliphatic carbocycles. The smallest absolute Gasteiger partial charge is 0.425 e. The van der Waals surface area contributed by atoms with Crippen LogP contribution >= 0.6 is 0 Å². The maximum absolute atomic E-state index is 13.6. The fourth-order valence-electron chi connectivity index (χ4n) is 1.85. The third-order valence-corrected chi connectivity index (χ3v) is 3.08. The van der Waals surface area contributed by atoms with Gasteiger partial charge >= 0.3 is 18.2 Å². The number of hydrogen-bond acceptors (Lipinski definition) is 3. The predicted octanol–water partition coefficient (Wildman–Crippen LogP) is 2.46. The zero-order valence-electron chi connectivity index (χ0n) is 11.4. The summed E-state index contributed by atoms with van der Waals surface area (Å²) in [4.78, 5) is 24.4. The lowest BCUT2D eigenvalue weighted by atomic mass is 10.1. The number of esters is 1. The van der Waals surface area contributed by atoms with Crippen LogP contribution in [0.5, 0.6) is 0 Å². The molecule has 0 unspecified atom stereocenters. The molecule has 0 saturated carbocycles. The Balaban J connectivity index is 2.23. The molecule has 1 fully saturated rings. The number of carbonyl (C=O) groups excluding carboxylic acids is 2. The Labute approximate surface area is 122 Å². The molecule has 1 saturated heterocycles. The van der Waals surface area contributed by atoms with E-state index >= 15 is 0 Å². The Morgan fingerprint density at radius 3 is 2.64 bits per heavy atom. The van der Waals surface area contributed by atoms with Crippen LogP contribution in [0.2, 0.25) is 0 Å². The van der Waals surface area contributed by atoms with Gasteiger partial charge in [-0.15, -0.1) is 0 Å². The van der Waals surface area contributed by atoms with Gasteiger partial charge in [-0.2, -0.15) is 13.2 Å². The first-order valence-corrected chi connectivity index (χ1v) is 6.33. The van der Waals surface area contributed by atoms with Gasteiger partial charge in [-0.1, -0.05) is 0 Å². The largest absolute Gasteiger partial charge is 0.449 e. The van der Waals surface area contributed by atoms with E-state index in [0.29, 0.717) is 20.0 Å². The SMILES string of the molecule is C[C@H](OC(=O)c1cc(N2CCNC2=O)ccc1F)C(F)(F)F. The van der Waals surface area contributed by atoms with Crippen LogP contribution in [0.1, 0.15) is 17.3 Å². The Bertz CT molecular complexity index is 603. The van der Waals surface area contributed by atoms with Crippen LogP contribution in [0, 0.1) is 5.82 Å². The van der Waals surface area contributed by atoms with Crippen molar-refractivity contribution in [3.63, 3.8) is 0 Å². The van der Waals surface area contributed by atoms with Crippen molar-refractivity contribution >= 4 is 17.7 Å². The van der Waals surface area contributed by atoms with Gasteiger partial charge in [0, 0.05) is 18.8 Å². The van der Waals surface area contributed by atoms with Gasteiger partial charge in [0.2, 0.25) is 0 Å². The van der Waals surface area contributed by atoms with E-state index in [1.165, 1.54) is 11.0 Å². The van der Waals surface area contributed by atoms with Crippen LogP contribution in [-0.4, -0.2) is 37.4 Å². The Morgan fingerprint density at radius 2 is 2.09 bits per heavy atom. The number of halogens is 4. The summed E-state index contributed by atoms with van der Waals surface area (Å²) in [7, 11) is 0. The first-order chi connectivity index (χ1) is 10.2. The second kappa shape index (κ2) is 5.82. The highest BCUT2D eigenvalue weighted by Gasteiger charge is 2.39. The minimum Gasteiger partial charge on any atom is -0.449 e. The van der Waals surface area contributed by atoms with Crippen molar-refractivity contribution in [3.05, 3.63) is 29.6 Å². The minimum absolute atomic E-state index is 0.197. The van der Waals surface area contributed by atoms with Gasteiger partial charge < -0.3 is 10.1 Å². The molecule has 1 aromatic rings. The normalized spacial score (nSPS) is 16.4. The van der Waals surface area contributed by atoms with Crippen molar-refractivity contribution in [2.24, 2.45) is 0 Å². The highest BCUT2D eigenvalue weighted by molar-refractivity contribution is 5.96. The molecule has 2 amide bonds. The maximum Gasteiger partial charge on any atom is 0.425 e. The number of benzene rings is 1. The fraction of sp³-hybridized carbons (Fsp3) is 0.385. The zero-order chi connectivity index (χ0) is 16.5. The molecule has 1 heterocycles. The molecule has 0 bridgehead atoms. The summed E-state index contributed by atoms with van der Waals surface area (Å²) in [6.07, 6.45) is -7.10. The summed E-state index contributed by atoms with van der Waals surface area (Å²) in [6, 6.07) is 2.71. The lowest BCUT2D eigenvalue weighted by molar-refractivity contribution is -0.198. The number of urea groups is 1. The van der Waals surface area contributed by atoms with E-state index in [1.807, 2.05) is 0 Å². The van der Waals surface area contributed by atoms with Crippen LogP contribution < -0.4 is 10.2 Å². The third-order valence-electron chi connectivity index (χ3n) is 3.08. The van der Waals surface area contributed by atoms with E-state index in [2.05, 4.69) is 10.1 Å². The molecule has 0 aromatic heterocycles. The highest BCUT2D eigenvalue weighted by Crippen LogP contribution is 2.25. The molecular formula is C13H12F4N2O3. The standard InChI is InChI=1S/C13H12F4N2O3/c1-7(13(15,16)17)22-11(20)9-6-8(2-3-10(9)14)19-5-4-18-12(19)21/h2-3,6-7H,4-5H2,1H3,(H,18,21)/t7-/m0/s1. The molecule has 1 N–H and O–H groups in total. The van der Waals surface area contributed by atoms with Crippen LogP contribution in [0.4, 0.5) is 28.0 Å². The molecule has 1 aromatic carbocycles. The Hall–Kier alpha value is -2.32. The van der Waals surface area contributed by atoms with Crippen molar-refractivity contribution in [2.75, 3.05) is 18.0 Å². The number of hydrogen-bond donors (Lipinski definition) is 1. The molecule has 1 aliphatic rings. The van der Waals surface area contributed by atoms with Crippen molar-refractivity contribution in [1.29, 1.82) is 0 Å². The fourth-order valence-corrected chi connectivity index (χ4v) is 1.85. The lowest BCUT2D eigenvalue weighted by Crippen LogP contribution is -2.31. The highest BCUT2D eigenvalue weighted by atomic mass is 19.4. The first kappa shape index (κ1) is 16.1. The molecule has 2 rings (SSSR count). The lowest BCUT2D eigenvalue weighted by Gasteiger charge is -2.18. The van der Waals surface area contributed by atoms with Gasteiger partial charge in [-0.25, -0.2) is 14.0 Å². The van der Waals surface area contributed by atoms with Gasteiger partial charge in [0.1, 0.15) is 5.82 Å². The van der Waals surface area contributed by atoms with Gasteiger partial charge in [-0.3, -0.25) is 4.90 Å². The van der Waals surface area contributed by atoms with E-state index in [-0.39, 0.29) is 5.69 Å². The van der Waals surface area contributed by atoms with Crippen LogP contribution in [0.3, 0.4) is 0 Å². The van der Waals surface area contributed by atoms with Gasteiger partial charge in [0.05, 0.1) is 5.56 Å². The van der Waals surface area contributed by atoms with E-state index < -0.39 is 35.7 Å². The molecule has 22 heavy (non-hydrogen) atoms. The number of nitrogens with one attached hydrogen (secondary N) is 1. The maximum atomic E-state index is 13.6. The number of amides is 2. The number of nitrogens with zero attached hydrogens (tertiary/aromatic N) is 1. The number of alkyl halides is 3. The Kier molecular flexibility index (Phi) is 4.25. The van der Waals surface area contributed by atoms with Gasteiger partial charge in [-0.05, 0) is 25.1 Å². The molecule has 5 nitrogen and oxygen atoms in total. The average Bonchev–Trinajstić information content (AvgIpc) is 2.84. The molecule has 1 atom stereocenters.